The van der Waals surface area contributed by atoms with Crippen LogP contribution in [-0.2, 0) is 13.1 Å². The summed E-state index contributed by atoms with van der Waals surface area (Å²) in [7, 11) is 0. The summed E-state index contributed by atoms with van der Waals surface area (Å²) in [4.78, 5) is 6.35. The van der Waals surface area contributed by atoms with E-state index >= 15 is 0 Å². The van der Waals surface area contributed by atoms with Crippen molar-refractivity contribution >= 4 is 11.6 Å². The third-order valence-corrected chi connectivity index (χ3v) is 3.26. The van der Waals surface area contributed by atoms with Crippen molar-refractivity contribution in [1.29, 1.82) is 0 Å². The van der Waals surface area contributed by atoms with E-state index in [4.69, 9.17) is 5.73 Å². The van der Waals surface area contributed by atoms with E-state index in [-0.39, 0.29) is 5.75 Å². The first-order valence-corrected chi connectivity index (χ1v) is 6.18. The van der Waals surface area contributed by atoms with Crippen LogP contribution in [0.25, 0.3) is 0 Å². The Kier molecular flexibility index (Phi) is 2.83. The van der Waals surface area contributed by atoms with Crippen LogP contribution in [0.4, 0.5) is 5.69 Å². The van der Waals surface area contributed by atoms with Gasteiger partial charge in [-0.15, -0.1) is 0 Å². The summed E-state index contributed by atoms with van der Waals surface area (Å²) in [5.74, 6) is 0.774. The topological polar surface area (TPSA) is 61.8 Å². The number of guanidine groups is 1. The first kappa shape index (κ1) is 11.6. The summed E-state index contributed by atoms with van der Waals surface area (Å²) < 4.78 is 0. The molecular formula is C15H15N3O. The minimum Gasteiger partial charge on any atom is -0.508 e. The van der Waals surface area contributed by atoms with Crippen molar-refractivity contribution in [2.45, 2.75) is 13.1 Å². The smallest absolute Gasteiger partial charge is 0.197 e. The Morgan fingerprint density at radius 1 is 1.11 bits per heavy atom. The van der Waals surface area contributed by atoms with Crippen molar-refractivity contribution < 1.29 is 5.11 Å². The fraction of sp³-hybridized carbons (Fsp3) is 0.133. The molecule has 0 spiro atoms. The number of phenolic OH excluding ortho intramolecular Hbond substituents is 1. The van der Waals surface area contributed by atoms with E-state index in [0.29, 0.717) is 19.0 Å². The minimum absolute atomic E-state index is 0.286. The summed E-state index contributed by atoms with van der Waals surface area (Å²) in [5, 5.41) is 9.82. The monoisotopic (exact) mass is 253 g/mol. The SMILES string of the molecule is NC1=Nc2ccccc2CN1Cc1ccccc1O. The van der Waals surface area contributed by atoms with E-state index in [1.165, 1.54) is 0 Å². The summed E-state index contributed by atoms with van der Waals surface area (Å²) in [6.45, 7) is 1.26. The number of para-hydroxylation sites is 2. The van der Waals surface area contributed by atoms with Crippen LogP contribution in [0.5, 0.6) is 5.75 Å². The van der Waals surface area contributed by atoms with E-state index in [0.717, 1.165) is 16.8 Å². The van der Waals surface area contributed by atoms with E-state index in [9.17, 15) is 5.11 Å². The number of fused-ring (bicyclic) bond motifs is 1. The first-order chi connectivity index (χ1) is 9.24. The molecule has 0 bridgehead atoms. The molecular weight excluding hydrogens is 238 g/mol. The van der Waals surface area contributed by atoms with Gasteiger partial charge in [0.25, 0.3) is 0 Å². The quantitative estimate of drug-likeness (QED) is 0.863. The van der Waals surface area contributed by atoms with Gasteiger partial charge in [0.05, 0.1) is 5.69 Å². The lowest BCUT2D eigenvalue weighted by Gasteiger charge is -2.28. The molecule has 3 rings (SSSR count). The predicted octanol–water partition coefficient (Wildman–Crippen LogP) is 2.35. The lowest BCUT2D eigenvalue weighted by atomic mass is 10.1. The van der Waals surface area contributed by atoms with E-state index in [1.54, 1.807) is 6.07 Å². The number of aromatic hydroxyl groups is 1. The van der Waals surface area contributed by atoms with E-state index in [2.05, 4.69) is 4.99 Å². The van der Waals surface area contributed by atoms with Crippen LogP contribution in [0.2, 0.25) is 0 Å². The second kappa shape index (κ2) is 4.65. The molecule has 4 nitrogen and oxygen atoms in total. The van der Waals surface area contributed by atoms with Gasteiger partial charge in [-0.05, 0) is 17.7 Å². The van der Waals surface area contributed by atoms with Crippen LogP contribution < -0.4 is 5.73 Å². The number of nitrogens with zero attached hydrogens (tertiary/aromatic N) is 2. The Bertz CT molecular complexity index is 637. The highest BCUT2D eigenvalue weighted by atomic mass is 16.3. The second-order valence-corrected chi connectivity index (χ2v) is 4.58. The Hall–Kier alpha value is -2.49. The van der Waals surface area contributed by atoms with Crippen LogP contribution in [-0.4, -0.2) is 16.0 Å². The zero-order valence-electron chi connectivity index (χ0n) is 10.5. The third-order valence-electron chi connectivity index (χ3n) is 3.26. The van der Waals surface area contributed by atoms with Crippen molar-refractivity contribution in [3.63, 3.8) is 0 Å². The fourth-order valence-corrected chi connectivity index (χ4v) is 2.22. The number of benzene rings is 2. The number of hydrogen-bond acceptors (Lipinski definition) is 4. The van der Waals surface area contributed by atoms with Crippen molar-refractivity contribution in [3.05, 3.63) is 59.7 Å². The fourth-order valence-electron chi connectivity index (χ4n) is 2.22. The van der Waals surface area contributed by atoms with E-state index in [1.807, 2.05) is 47.4 Å². The zero-order valence-corrected chi connectivity index (χ0v) is 10.5. The Morgan fingerprint density at radius 2 is 1.84 bits per heavy atom. The number of rotatable bonds is 2. The minimum atomic E-state index is 0.286. The number of nitrogens with two attached hydrogens (primary N) is 1. The number of hydrogen-bond donors (Lipinski definition) is 2. The zero-order chi connectivity index (χ0) is 13.2. The molecule has 0 saturated heterocycles. The molecule has 1 aliphatic rings. The van der Waals surface area contributed by atoms with Crippen LogP contribution >= 0.6 is 0 Å². The van der Waals surface area contributed by atoms with Crippen molar-refractivity contribution in [2.24, 2.45) is 10.7 Å². The molecule has 4 heteroatoms. The molecule has 2 aromatic carbocycles. The average molecular weight is 253 g/mol. The van der Waals surface area contributed by atoms with Gasteiger partial charge in [-0.3, -0.25) is 0 Å². The Labute approximate surface area is 111 Å². The number of phenols is 1. The van der Waals surface area contributed by atoms with Crippen LogP contribution in [0, 0.1) is 0 Å². The molecule has 3 N–H and O–H groups in total. The summed E-state index contributed by atoms with van der Waals surface area (Å²) in [6.07, 6.45) is 0. The van der Waals surface area contributed by atoms with Crippen molar-refractivity contribution in [3.8, 4) is 5.75 Å². The second-order valence-electron chi connectivity index (χ2n) is 4.58. The molecule has 0 unspecified atom stereocenters. The number of aliphatic imine (C=N–C) groups is 1. The summed E-state index contributed by atoms with van der Waals surface area (Å²) >= 11 is 0. The molecule has 19 heavy (non-hydrogen) atoms. The van der Waals surface area contributed by atoms with Gasteiger partial charge in [-0.2, -0.15) is 0 Å². The van der Waals surface area contributed by atoms with Gasteiger partial charge in [0.15, 0.2) is 5.96 Å². The lowest BCUT2D eigenvalue weighted by Crippen LogP contribution is -2.38. The highest BCUT2D eigenvalue weighted by Gasteiger charge is 2.18. The summed E-state index contributed by atoms with van der Waals surface area (Å²) in [6, 6.07) is 15.2. The Morgan fingerprint density at radius 3 is 2.68 bits per heavy atom. The van der Waals surface area contributed by atoms with E-state index < -0.39 is 0 Å². The molecule has 0 saturated carbocycles. The standard InChI is InChI=1S/C15H15N3O/c16-15-17-13-7-3-1-5-11(13)9-18(15)10-12-6-2-4-8-14(12)19/h1-8,19H,9-10H2,(H2,16,17). The van der Waals surface area contributed by atoms with Gasteiger partial charge in [0.2, 0.25) is 0 Å². The Balaban J connectivity index is 1.87. The predicted molar refractivity (Wildman–Crippen MR) is 75.1 cm³/mol. The molecule has 1 heterocycles. The van der Waals surface area contributed by atoms with Gasteiger partial charge in [-0.1, -0.05) is 36.4 Å². The lowest BCUT2D eigenvalue weighted by molar-refractivity contribution is 0.382. The highest BCUT2D eigenvalue weighted by molar-refractivity contribution is 5.83. The van der Waals surface area contributed by atoms with Gasteiger partial charge >= 0.3 is 0 Å². The maximum absolute atomic E-state index is 9.82. The van der Waals surface area contributed by atoms with Crippen LogP contribution in [0.15, 0.2) is 53.5 Å². The maximum Gasteiger partial charge on any atom is 0.197 e. The van der Waals surface area contributed by atoms with Crippen molar-refractivity contribution in [2.75, 3.05) is 0 Å². The van der Waals surface area contributed by atoms with Gasteiger partial charge in [0, 0.05) is 18.7 Å². The molecule has 2 aromatic rings. The molecule has 0 radical (unpaired) electrons. The van der Waals surface area contributed by atoms with Gasteiger partial charge in [-0.25, -0.2) is 4.99 Å². The molecule has 0 aromatic heterocycles. The normalized spacial score (nSPS) is 13.9. The van der Waals surface area contributed by atoms with Gasteiger partial charge in [0.1, 0.15) is 5.75 Å². The van der Waals surface area contributed by atoms with Gasteiger partial charge < -0.3 is 15.7 Å². The van der Waals surface area contributed by atoms with Crippen molar-refractivity contribution in [1.82, 2.24) is 4.90 Å². The molecule has 1 aliphatic heterocycles. The molecule has 96 valence electrons. The maximum atomic E-state index is 9.82. The highest BCUT2D eigenvalue weighted by Crippen LogP contribution is 2.27. The third kappa shape index (κ3) is 2.25. The first-order valence-electron chi connectivity index (χ1n) is 6.18. The average Bonchev–Trinajstić information content (AvgIpc) is 2.42. The molecule has 0 atom stereocenters. The molecule has 0 aliphatic carbocycles. The molecule has 0 fully saturated rings. The largest absolute Gasteiger partial charge is 0.508 e. The molecule has 0 amide bonds. The van der Waals surface area contributed by atoms with Crippen LogP contribution in [0.1, 0.15) is 11.1 Å². The van der Waals surface area contributed by atoms with Crippen LogP contribution in [0.3, 0.4) is 0 Å². The summed E-state index contributed by atoms with van der Waals surface area (Å²) in [5.41, 5.74) is 8.90.